The van der Waals surface area contributed by atoms with Gasteiger partial charge in [-0.25, -0.2) is 4.98 Å². The van der Waals surface area contributed by atoms with Crippen LogP contribution in [0.4, 0.5) is 11.5 Å². The van der Waals surface area contributed by atoms with E-state index in [1.54, 1.807) is 19.4 Å². The van der Waals surface area contributed by atoms with E-state index in [4.69, 9.17) is 9.47 Å². The number of hydrogen-bond acceptors (Lipinski definition) is 6. The molecule has 0 aliphatic rings. The van der Waals surface area contributed by atoms with E-state index < -0.39 is 0 Å². The number of benzene rings is 2. The van der Waals surface area contributed by atoms with Crippen molar-refractivity contribution in [2.24, 2.45) is 0 Å². The summed E-state index contributed by atoms with van der Waals surface area (Å²) in [5, 5.41) is 9.26. The number of anilines is 2. The second kappa shape index (κ2) is 7.75. The maximum atomic E-state index is 9.26. The van der Waals surface area contributed by atoms with Gasteiger partial charge in [0.2, 0.25) is 0 Å². The first-order valence-electron chi connectivity index (χ1n) is 8.37. The van der Waals surface area contributed by atoms with Crippen LogP contribution in [0.1, 0.15) is 11.1 Å². The quantitative estimate of drug-likeness (QED) is 0.682. The molecular formula is C21H20N4O2. The average molecular weight is 360 g/mol. The topological polar surface area (TPSA) is 71.3 Å². The number of hydrogen-bond donors (Lipinski definition) is 0. The molecule has 2 aromatic carbocycles. The molecule has 3 aromatic rings. The van der Waals surface area contributed by atoms with Crippen molar-refractivity contribution in [1.82, 2.24) is 9.97 Å². The monoisotopic (exact) mass is 360 g/mol. The van der Waals surface area contributed by atoms with Crippen LogP contribution in [-0.2, 0) is 0 Å². The Balaban J connectivity index is 2.09. The largest absolute Gasteiger partial charge is 0.496 e. The lowest BCUT2D eigenvalue weighted by molar-refractivity contribution is 0.380. The van der Waals surface area contributed by atoms with Gasteiger partial charge in [0.15, 0.2) is 0 Å². The van der Waals surface area contributed by atoms with E-state index in [-0.39, 0.29) is 0 Å². The van der Waals surface area contributed by atoms with E-state index in [9.17, 15) is 5.26 Å². The lowest BCUT2D eigenvalue weighted by Gasteiger charge is -2.21. The Bertz CT molecular complexity index is 1010. The highest BCUT2D eigenvalue weighted by Crippen LogP contribution is 2.36. The van der Waals surface area contributed by atoms with E-state index in [1.165, 1.54) is 7.11 Å². The summed E-state index contributed by atoms with van der Waals surface area (Å²) in [6, 6.07) is 15.9. The SMILES string of the molecule is COc1nccc(N(C)c2ccc(C)c(-c3cc(C#N)ccc3OC)c2)n1. The Labute approximate surface area is 158 Å². The predicted octanol–water partition coefficient (Wildman–Crippen LogP) is 4.11. The van der Waals surface area contributed by atoms with Gasteiger partial charge in [0.1, 0.15) is 11.6 Å². The molecule has 0 atom stereocenters. The third-order valence-electron chi connectivity index (χ3n) is 4.37. The summed E-state index contributed by atoms with van der Waals surface area (Å²) in [7, 11) is 5.10. The molecule has 1 heterocycles. The van der Waals surface area contributed by atoms with Crippen LogP contribution in [-0.4, -0.2) is 31.2 Å². The molecule has 6 heteroatoms. The summed E-state index contributed by atoms with van der Waals surface area (Å²) in [4.78, 5) is 10.4. The van der Waals surface area contributed by atoms with Gasteiger partial charge in [0.05, 0.1) is 25.9 Å². The Hall–Kier alpha value is -3.59. The van der Waals surface area contributed by atoms with Crippen LogP contribution in [0.3, 0.4) is 0 Å². The Morgan fingerprint density at radius 3 is 2.52 bits per heavy atom. The Morgan fingerprint density at radius 2 is 1.81 bits per heavy atom. The van der Waals surface area contributed by atoms with Crippen molar-refractivity contribution in [2.75, 3.05) is 26.2 Å². The second-order valence-corrected chi connectivity index (χ2v) is 5.99. The highest BCUT2D eigenvalue weighted by Gasteiger charge is 2.14. The van der Waals surface area contributed by atoms with E-state index >= 15 is 0 Å². The van der Waals surface area contributed by atoms with E-state index in [0.717, 1.165) is 33.9 Å². The van der Waals surface area contributed by atoms with Gasteiger partial charge < -0.3 is 14.4 Å². The van der Waals surface area contributed by atoms with Crippen molar-refractivity contribution >= 4 is 11.5 Å². The number of aryl methyl sites for hydroxylation is 1. The zero-order chi connectivity index (χ0) is 19.4. The third kappa shape index (κ3) is 3.67. The van der Waals surface area contributed by atoms with Crippen LogP contribution in [0, 0.1) is 18.3 Å². The summed E-state index contributed by atoms with van der Waals surface area (Å²) in [5.41, 5.74) is 4.49. The van der Waals surface area contributed by atoms with Crippen molar-refractivity contribution in [3.05, 3.63) is 59.8 Å². The second-order valence-electron chi connectivity index (χ2n) is 5.99. The van der Waals surface area contributed by atoms with Gasteiger partial charge in [-0.2, -0.15) is 10.2 Å². The Morgan fingerprint density at radius 1 is 1.00 bits per heavy atom. The lowest BCUT2D eigenvalue weighted by atomic mass is 9.97. The van der Waals surface area contributed by atoms with Gasteiger partial charge in [-0.05, 0) is 54.4 Å². The minimum Gasteiger partial charge on any atom is -0.496 e. The van der Waals surface area contributed by atoms with Crippen LogP contribution in [0.2, 0.25) is 0 Å². The molecule has 0 spiro atoms. The molecule has 0 fully saturated rings. The van der Waals surface area contributed by atoms with Crippen molar-refractivity contribution in [3.63, 3.8) is 0 Å². The fourth-order valence-electron chi connectivity index (χ4n) is 2.85. The highest BCUT2D eigenvalue weighted by molar-refractivity contribution is 5.78. The fraction of sp³-hybridized carbons (Fsp3) is 0.190. The van der Waals surface area contributed by atoms with Crippen LogP contribution in [0.25, 0.3) is 11.1 Å². The maximum Gasteiger partial charge on any atom is 0.318 e. The number of methoxy groups -OCH3 is 2. The van der Waals surface area contributed by atoms with Crippen LogP contribution < -0.4 is 14.4 Å². The van der Waals surface area contributed by atoms with Crippen molar-refractivity contribution in [3.8, 4) is 29.0 Å². The zero-order valence-electron chi connectivity index (χ0n) is 15.7. The van der Waals surface area contributed by atoms with Gasteiger partial charge >= 0.3 is 6.01 Å². The molecule has 0 amide bonds. The maximum absolute atomic E-state index is 9.26. The molecule has 0 saturated heterocycles. The minimum atomic E-state index is 0.315. The first kappa shape index (κ1) is 18.2. The van der Waals surface area contributed by atoms with Crippen LogP contribution in [0.15, 0.2) is 48.7 Å². The molecule has 0 aliphatic heterocycles. The summed E-state index contributed by atoms with van der Waals surface area (Å²) >= 11 is 0. The average Bonchev–Trinajstić information content (AvgIpc) is 2.73. The number of ether oxygens (including phenoxy) is 2. The summed E-state index contributed by atoms with van der Waals surface area (Å²) in [6.07, 6.45) is 1.66. The van der Waals surface area contributed by atoms with Crippen LogP contribution in [0.5, 0.6) is 11.8 Å². The number of nitrogens with zero attached hydrogens (tertiary/aromatic N) is 4. The molecule has 0 radical (unpaired) electrons. The zero-order valence-corrected chi connectivity index (χ0v) is 15.7. The number of nitriles is 1. The first-order valence-corrected chi connectivity index (χ1v) is 8.37. The standard InChI is InChI=1S/C21H20N4O2/c1-14-5-7-16(25(2)20-9-10-23-21(24-20)27-4)12-17(14)18-11-15(13-22)6-8-19(18)26-3/h5-12H,1-4H3. The molecule has 136 valence electrons. The Kier molecular flexibility index (Phi) is 5.23. The molecule has 6 nitrogen and oxygen atoms in total. The molecular weight excluding hydrogens is 340 g/mol. The molecule has 1 aromatic heterocycles. The first-order chi connectivity index (χ1) is 13.1. The fourth-order valence-corrected chi connectivity index (χ4v) is 2.85. The lowest BCUT2D eigenvalue weighted by Crippen LogP contribution is -2.12. The molecule has 3 rings (SSSR count). The van der Waals surface area contributed by atoms with Gasteiger partial charge in [0.25, 0.3) is 0 Å². The van der Waals surface area contributed by atoms with Crippen molar-refractivity contribution in [1.29, 1.82) is 5.26 Å². The van der Waals surface area contributed by atoms with Crippen LogP contribution >= 0.6 is 0 Å². The molecule has 0 unspecified atom stereocenters. The smallest absolute Gasteiger partial charge is 0.318 e. The van der Waals surface area contributed by atoms with Gasteiger partial charge in [-0.1, -0.05) is 6.07 Å². The molecule has 0 saturated carbocycles. The third-order valence-corrected chi connectivity index (χ3v) is 4.37. The number of rotatable bonds is 5. The molecule has 0 bridgehead atoms. The minimum absolute atomic E-state index is 0.315. The normalized spacial score (nSPS) is 10.2. The van der Waals surface area contributed by atoms with E-state index in [1.807, 2.05) is 49.2 Å². The molecule has 27 heavy (non-hydrogen) atoms. The highest BCUT2D eigenvalue weighted by atomic mass is 16.5. The van der Waals surface area contributed by atoms with Crippen molar-refractivity contribution in [2.45, 2.75) is 6.92 Å². The number of aromatic nitrogens is 2. The summed E-state index contributed by atoms with van der Waals surface area (Å²) in [5.74, 6) is 1.44. The molecule has 0 aliphatic carbocycles. The molecule has 0 N–H and O–H groups in total. The van der Waals surface area contributed by atoms with E-state index in [0.29, 0.717) is 11.6 Å². The summed E-state index contributed by atoms with van der Waals surface area (Å²) in [6.45, 7) is 2.03. The van der Waals surface area contributed by atoms with Gasteiger partial charge in [-0.15, -0.1) is 0 Å². The predicted molar refractivity (Wildman–Crippen MR) is 105 cm³/mol. The van der Waals surface area contributed by atoms with E-state index in [2.05, 4.69) is 22.1 Å². The van der Waals surface area contributed by atoms with Gasteiger partial charge in [0, 0.05) is 24.5 Å². The van der Waals surface area contributed by atoms with Gasteiger partial charge in [-0.3, -0.25) is 0 Å². The van der Waals surface area contributed by atoms with Crippen molar-refractivity contribution < 1.29 is 9.47 Å². The summed E-state index contributed by atoms with van der Waals surface area (Å²) < 4.78 is 10.6.